The lowest BCUT2D eigenvalue weighted by molar-refractivity contribution is 0.194. The smallest absolute Gasteiger partial charge is 0.185 e. The molecule has 4 atom stereocenters. The quantitative estimate of drug-likeness (QED) is 0.643. The fourth-order valence-corrected chi connectivity index (χ4v) is 8.60. The van der Waals surface area contributed by atoms with E-state index in [4.69, 9.17) is 0 Å². The monoisotopic (exact) mass is 436 g/mol. The van der Waals surface area contributed by atoms with Gasteiger partial charge >= 0.3 is 0 Å². The van der Waals surface area contributed by atoms with Crippen molar-refractivity contribution in [3.63, 3.8) is 0 Å². The highest BCUT2D eigenvalue weighted by Gasteiger charge is 2.50. The highest BCUT2D eigenvalue weighted by atomic mass is 32.2. The Morgan fingerprint density at radius 2 is 1.21 bits per heavy atom. The van der Waals surface area contributed by atoms with Crippen LogP contribution in [0.1, 0.15) is 12.8 Å². The molecule has 156 valence electrons. The summed E-state index contributed by atoms with van der Waals surface area (Å²) in [6.45, 7) is -0.138. The predicted molar refractivity (Wildman–Crippen MR) is 110 cm³/mol. The summed E-state index contributed by atoms with van der Waals surface area (Å²) in [7, 11) is -8.24. The van der Waals surface area contributed by atoms with Crippen molar-refractivity contribution < 1.29 is 27.0 Å². The second kappa shape index (κ2) is 8.79. The van der Waals surface area contributed by atoms with E-state index in [1.165, 1.54) is 30.3 Å². The Kier molecular flexibility index (Phi) is 6.58. The van der Waals surface area contributed by atoms with Crippen LogP contribution < -0.4 is 0 Å². The van der Waals surface area contributed by atoms with E-state index < -0.39 is 42.2 Å². The Balaban J connectivity index is 2.17. The van der Waals surface area contributed by atoms with Crippen LogP contribution in [0, 0.1) is 5.92 Å². The van der Waals surface area contributed by atoms with Crippen molar-refractivity contribution in [2.45, 2.75) is 39.2 Å². The average Bonchev–Trinajstić information content (AvgIpc) is 2.73. The highest BCUT2D eigenvalue weighted by Crippen LogP contribution is 2.38. The van der Waals surface area contributed by atoms with E-state index in [0.717, 1.165) is 0 Å². The molecule has 1 aliphatic carbocycles. The van der Waals surface area contributed by atoms with Crippen LogP contribution in [0.4, 0.5) is 0 Å². The van der Waals surface area contributed by atoms with Gasteiger partial charge in [0.05, 0.1) is 21.1 Å². The largest absolute Gasteiger partial charge is 0.396 e. The lowest BCUT2D eigenvalue weighted by Gasteiger charge is -2.36. The summed E-state index contributed by atoms with van der Waals surface area (Å²) >= 11 is 0. The van der Waals surface area contributed by atoms with Gasteiger partial charge in [0.15, 0.2) is 19.7 Å². The van der Waals surface area contributed by atoms with Crippen molar-refractivity contribution in [3.8, 4) is 0 Å². The van der Waals surface area contributed by atoms with Crippen LogP contribution in [0.2, 0.25) is 0 Å². The second-order valence-corrected chi connectivity index (χ2v) is 11.3. The molecular weight excluding hydrogens is 412 g/mol. The Labute approximate surface area is 171 Å². The van der Waals surface area contributed by atoms with Crippen molar-refractivity contribution in [2.24, 2.45) is 5.92 Å². The fourth-order valence-electron chi connectivity index (χ4n) is 3.80. The van der Waals surface area contributed by atoms with Crippen molar-refractivity contribution in [1.29, 1.82) is 0 Å². The molecule has 0 unspecified atom stereocenters. The molecule has 0 saturated heterocycles. The number of rotatable bonds is 7. The summed E-state index contributed by atoms with van der Waals surface area (Å²) in [6.07, 6.45) is 2.06. The Morgan fingerprint density at radius 1 is 0.724 bits per heavy atom. The third kappa shape index (κ3) is 4.30. The lowest BCUT2D eigenvalue weighted by Crippen LogP contribution is -2.52. The molecule has 0 radical (unpaired) electrons. The number of allylic oxidation sites excluding steroid dienone is 1. The zero-order valence-corrected chi connectivity index (χ0v) is 17.3. The van der Waals surface area contributed by atoms with Crippen LogP contribution in [0.25, 0.3) is 0 Å². The molecule has 0 saturated carbocycles. The third-order valence-electron chi connectivity index (χ3n) is 5.19. The first-order chi connectivity index (χ1) is 13.8. The first-order valence-electron chi connectivity index (χ1n) is 9.35. The standard InChI is InChI=1S/C21H24O6S2/c22-15-7-8-16-13-14-19(23)21(29(26,27)18-11-5-2-6-12-18)20(16)28(24,25)17-9-3-1-4-10-17/h1-6,9-14,16,19-23H,7-8,15H2/t16-,19+,20+,21+/m1/s1. The van der Waals surface area contributed by atoms with Gasteiger partial charge in [-0.2, -0.15) is 0 Å². The van der Waals surface area contributed by atoms with Crippen LogP contribution >= 0.6 is 0 Å². The maximum absolute atomic E-state index is 13.5. The maximum atomic E-state index is 13.5. The zero-order valence-electron chi connectivity index (χ0n) is 15.7. The lowest BCUT2D eigenvalue weighted by atomic mass is 9.89. The summed E-state index contributed by atoms with van der Waals surface area (Å²) in [5.74, 6) is -0.653. The minimum absolute atomic E-state index is 0.00904. The van der Waals surface area contributed by atoms with E-state index in [0.29, 0.717) is 6.42 Å². The fraction of sp³-hybridized carbons (Fsp3) is 0.333. The topological polar surface area (TPSA) is 109 Å². The molecule has 2 N–H and O–H groups in total. The van der Waals surface area contributed by atoms with E-state index in [1.54, 1.807) is 42.5 Å². The molecule has 0 aliphatic heterocycles. The van der Waals surface area contributed by atoms with Crippen molar-refractivity contribution in [2.75, 3.05) is 6.61 Å². The number of hydrogen-bond acceptors (Lipinski definition) is 6. The minimum Gasteiger partial charge on any atom is -0.396 e. The van der Waals surface area contributed by atoms with E-state index in [1.807, 2.05) is 0 Å². The molecule has 0 bridgehead atoms. The van der Waals surface area contributed by atoms with Crippen LogP contribution in [-0.2, 0) is 19.7 Å². The average molecular weight is 437 g/mol. The van der Waals surface area contributed by atoms with E-state index in [2.05, 4.69) is 0 Å². The number of aliphatic hydroxyl groups is 2. The first-order valence-corrected chi connectivity index (χ1v) is 12.4. The Morgan fingerprint density at radius 3 is 1.69 bits per heavy atom. The van der Waals surface area contributed by atoms with Crippen molar-refractivity contribution >= 4 is 19.7 Å². The van der Waals surface area contributed by atoms with Crippen LogP contribution in [-0.4, -0.2) is 50.3 Å². The molecule has 2 aromatic rings. The Hall–Kier alpha value is -2.00. The summed E-state index contributed by atoms with van der Waals surface area (Å²) in [5.41, 5.74) is 0. The van der Waals surface area contributed by atoms with Gasteiger partial charge < -0.3 is 10.2 Å². The van der Waals surface area contributed by atoms with E-state index in [-0.39, 0.29) is 22.8 Å². The molecule has 2 aromatic carbocycles. The van der Waals surface area contributed by atoms with E-state index in [9.17, 15) is 27.0 Å². The molecule has 0 spiro atoms. The highest BCUT2D eigenvalue weighted by molar-refractivity contribution is 7.96. The zero-order chi connectivity index (χ0) is 21.1. The molecule has 0 heterocycles. The normalized spacial score (nSPS) is 25.0. The van der Waals surface area contributed by atoms with Gasteiger partial charge in [-0.1, -0.05) is 48.6 Å². The summed E-state index contributed by atoms with van der Waals surface area (Å²) in [4.78, 5) is -0.0247. The number of benzene rings is 2. The summed E-state index contributed by atoms with van der Waals surface area (Å²) < 4.78 is 53.8. The van der Waals surface area contributed by atoms with Crippen LogP contribution in [0.5, 0.6) is 0 Å². The van der Waals surface area contributed by atoms with Gasteiger partial charge in [0, 0.05) is 6.61 Å². The van der Waals surface area contributed by atoms with Crippen LogP contribution in [0.15, 0.2) is 82.6 Å². The van der Waals surface area contributed by atoms with Gasteiger partial charge in [0.2, 0.25) is 0 Å². The van der Waals surface area contributed by atoms with Gasteiger partial charge in [-0.3, -0.25) is 0 Å². The van der Waals surface area contributed by atoms with Crippen LogP contribution in [0.3, 0.4) is 0 Å². The first kappa shape index (κ1) is 21.7. The maximum Gasteiger partial charge on any atom is 0.185 e. The Bertz CT molecular complexity index is 1050. The molecular formula is C21H24O6S2. The minimum atomic E-state index is -4.15. The number of sulfone groups is 2. The van der Waals surface area contributed by atoms with Gasteiger partial charge in [-0.05, 0) is 43.0 Å². The number of aliphatic hydroxyl groups excluding tert-OH is 2. The second-order valence-electron chi connectivity index (χ2n) is 7.05. The van der Waals surface area contributed by atoms with Gasteiger partial charge in [-0.15, -0.1) is 0 Å². The van der Waals surface area contributed by atoms with Crippen molar-refractivity contribution in [3.05, 3.63) is 72.8 Å². The molecule has 1 aliphatic rings. The molecule has 6 nitrogen and oxygen atoms in total. The van der Waals surface area contributed by atoms with Gasteiger partial charge in [0.25, 0.3) is 0 Å². The van der Waals surface area contributed by atoms with Crippen molar-refractivity contribution in [1.82, 2.24) is 0 Å². The molecule has 0 aromatic heterocycles. The molecule has 29 heavy (non-hydrogen) atoms. The SMILES string of the molecule is O=S(=O)(c1ccccc1)[C@@H]1[C@@H](S(=O)(=O)c2ccccc2)[C@H](CCCO)C=C[C@@H]1O. The third-order valence-corrected chi connectivity index (χ3v) is 9.87. The summed E-state index contributed by atoms with van der Waals surface area (Å²) in [5, 5.41) is 16.9. The summed E-state index contributed by atoms with van der Waals surface area (Å²) in [6, 6.07) is 15.3. The van der Waals surface area contributed by atoms with Gasteiger partial charge in [-0.25, -0.2) is 16.8 Å². The molecule has 0 fully saturated rings. The van der Waals surface area contributed by atoms with Gasteiger partial charge in [0.1, 0.15) is 5.25 Å². The molecule has 0 amide bonds. The predicted octanol–water partition coefficient (Wildman–Crippen LogP) is 1.99. The van der Waals surface area contributed by atoms with E-state index >= 15 is 0 Å². The molecule has 3 rings (SSSR count). The number of hydrogen-bond donors (Lipinski definition) is 2. The molecule has 8 heteroatoms.